The van der Waals surface area contributed by atoms with Gasteiger partial charge >= 0.3 is 0 Å². The molecule has 1 aliphatic heterocycles. The first-order valence-electron chi connectivity index (χ1n) is 11.5. The number of hydrogen-bond donors (Lipinski definition) is 0. The molecular formula is C31H19N2OP. The zero-order chi connectivity index (χ0) is 23.6. The zero-order valence-electron chi connectivity index (χ0n) is 18.7. The highest BCUT2D eigenvalue weighted by molar-refractivity contribution is 7.86. The average molecular weight is 466 g/mol. The highest BCUT2D eigenvalue weighted by atomic mass is 31.2. The fourth-order valence-electron chi connectivity index (χ4n) is 5.52. The Morgan fingerprint density at radius 1 is 0.629 bits per heavy atom. The molecule has 5 aromatic carbocycles. The van der Waals surface area contributed by atoms with Crippen molar-refractivity contribution in [3.63, 3.8) is 0 Å². The Hall–Kier alpha value is -4.38. The molecule has 0 radical (unpaired) electrons. The predicted octanol–water partition coefficient (Wildman–Crippen LogP) is 6.28. The molecule has 0 aliphatic carbocycles. The molecule has 0 amide bonds. The van der Waals surface area contributed by atoms with E-state index in [1.165, 1.54) is 0 Å². The van der Waals surface area contributed by atoms with Crippen LogP contribution in [0.5, 0.6) is 0 Å². The Morgan fingerprint density at radius 2 is 1.34 bits per heavy atom. The van der Waals surface area contributed by atoms with E-state index in [9.17, 15) is 9.83 Å². The third-order valence-electron chi connectivity index (χ3n) is 7.05. The molecule has 6 aromatic rings. The largest absolute Gasteiger partial charge is 0.309 e. The SMILES string of the molecule is N#Cc1ccccc1-n1c2ccccc2c2cc3c(cc21)-c1ccccc1P3(=O)c1ccccc1. The van der Waals surface area contributed by atoms with Crippen molar-refractivity contribution in [2.45, 2.75) is 0 Å². The first kappa shape index (κ1) is 20.0. The van der Waals surface area contributed by atoms with Gasteiger partial charge in [-0.25, -0.2) is 0 Å². The second-order valence-corrected chi connectivity index (χ2v) is 11.5. The van der Waals surface area contributed by atoms with Crippen molar-refractivity contribution in [1.82, 2.24) is 4.57 Å². The third kappa shape index (κ3) is 2.63. The summed E-state index contributed by atoms with van der Waals surface area (Å²) in [4.78, 5) is 0. The molecule has 3 nitrogen and oxygen atoms in total. The average Bonchev–Trinajstić information content (AvgIpc) is 3.38. The summed E-state index contributed by atoms with van der Waals surface area (Å²) in [6.07, 6.45) is 0. The van der Waals surface area contributed by atoms with Crippen LogP contribution in [0.4, 0.5) is 0 Å². The summed E-state index contributed by atoms with van der Waals surface area (Å²) in [6, 6.07) is 40.4. The fourth-order valence-corrected chi connectivity index (χ4v) is 8.60. The van der Waals surface area contributed by atoms with Gasteiger partial charge in [0.05, 0.1) is 22.3 Å². The lowest BCUT2D eigenvalue weighted by Gasteiger charge is -2.16. The zero-order valence-corrected chi connectivity index (χ0v) is 19.6. The van der Waals surface area contributed by atoms with Gasteiger partial charge in [-0.2, -0.15) is 5.26 Å². The maximum Gasteiger partial charge on any atom is 0.172 e. The Bertz CT molecular complexity index is 1890. The lowest BCUT2D eigenvalue weighted by atomic mass is 10.0. The van der Waals surface area contributed by atoms with Crippen molar-refractivity contribution >= 4 is 44.9 Å². The molecule has 35 heavy (non-hydrogen) atoms. The van der Waals surface area contributed by atoms with E-state index < -0.39 is 7.14 Å². The number of hydrogen-bond acceptors (Lipinski definition) is 2. The van der Waals surface area contributed by atoms with Gasteiger partial charge in [0.25, 0.3) is 0 Å². The molecule has 1 unspecified atom stereocenters. The molecule has 0 N–H and O–H groups in total. The van der Waals surface area contributed by atoms with Crippen molar-refractivity contribution in [2.24, 2.45) is 0 Å². The van der Waals surface area contributed by atoms with Crippen molar-refractivity contribution in [3.8, 4) is 22.9 Å². The standard InChI is InChI=1S/C31H19N2OP/c32-20-21-10-4-7-15-27(21)33-28-16-8-5-13-23(28)25-19-31-26(18-29(25)33)24-14-6-9-17-30(24)35(31,34)22-11-2-1-3-12-22/h1-19H. The molecule has 1 atom stereocenters. The summed E-state index contributed by atoms with van der Waals surface area (Å²) < 4.78 is 17.1. The second kappa shape index (κ2) is 7.31. The number of fused-ring (bicyclic) bond motifs is 6. The summed E-state index contributed by atoms with van der Waals surface area (Å²) in [6.45, 7) is 0. The van der Waals surface area contributed by atoms with Crippen LogP contribution in [0.15, 0.2) is 115 Å². The Labute approximate surface area is 202 Å². The van der Waals surface area contributed by atoms with E-state index in [1.54, 1.807) is 0 Å². The number of para-hydroxylation sites is 2. The van der Waals surface area contributed by atoms with Gasteiger partial charge in [0.1, 0.15) is 6.07 Å². The monoisotopic (exact) mass is 466 g/mol. The minimum Gasteiger partial charge on any atom is -0.309 e. The highest BCUT2D eigenvalue weighted by Crippen LogP contribution is 2.53. The second-order valence-electron chi connectivity index (χ2n) is 8.83. The van der Waals surface area contributed by atoms with Gasteiger partial charge in [-0.1, -0.05) is 84.9 Å². The van der Waals surface area contributed by atoms with Crippen molar-refractivity contribution in [1.29, 1.82) is 5.26 Å². The summed E-state index contributed by atoms with van der Waals surface area (Å²) in [7, 11) is -3.02. The number of nitriles is 1. The van der Waals surface area contributed by atoms with Gasteiger partial charge in [-0.3, -0.25) is 0 Å². The van der Waals surface area contributed by atoms with Crippen molar-refractivity contribution in [2.75, 3.05) is 0 Å². The molecule has 1 aliphatic rings. The number of nitrogens with zero attached hydrogens (tertiary/aromatic N) is 2. The molecule has 0 saturated carbocycles. The summed E-state index contributed by atoms with van der Waals surface area (Å²) >= 11 is 0. The van der Waals surface area contributed by atoms with Crippen LogP contribution < -0.4 is 15.9 Å². The van der Waals surface area contributed by atoms with Gasteiger partial charge in [0.2, 0.25) is 0 Å². The predicted molar refractivity (Wildman–Crippen MR) is 144 cm³/mol. The molecular weight excluding hydrogens is 447 g/mol. The van der Waals surface area contributed by atoms with Crippen LogP contribution in [0, 0.1) is 11.3 Å². The van der Waals surface area contributed by atoms with E-state index in [2.05, 4.69) is 41.0 Å². The van der Waals surface area contributed by atoms with Crippen LogP contribution in [-0.4, -0.2) is 4.57 Å². The van der Waals surface area contributed by atoms with E-state index >= 15 is 0 Å². The van der Waals surface area contributed by atoms with Gasteiger partial charge < -0.3 is 9.13 Å². The van der Waals surface area contributed by atoms with Crippen LogP contribution in [0.1, 0.15) is 5.56 Å². The topological polar surface area (TPSA) is 45.8 Å². The van der Waals surface area contributed by atoms with Crippen LogP contribution in [0.3, 0.4) is 0 Å². The maximum absolute atomic E-state index is 15.0. The van der Waals surface area contributed by atoms with Crippen LogP contribution >= 0.6 is 7.14 Å². The number of benzene rings is 5. The minimum absolute atomic E-state index is 0.617. The van der Waals surface area contributed by atoms with Crippen LogP contribution in [0.2, 0.25) is 0 Å². The maximum atomic E-state index is 15.0. The number of rotatable bonds is 2. The van der Waals surface area contributed by atoms with E-state index in [0.717, 1.165) is 54.5 Å². The van der Waals surface area contributed by atoms with E-state index in [-0.39, 0.29) is 0 Å². The minimum atomic E-state index is -3.02. The molecule has 4 heteroatoms. The highest BCUT2D eigenvalue weighted by Gasteiger charge is 2.40. The lowest BCUT2D eigenvalue weighted by molar-refractivity contribution is 0.593. The van der Waals surface area contributed by atoms with E-state index in [4.69, 9.17) is 0 Å². The Morgan fingerprint density at radius 3 is 2.20 bits per heavy atom. The first-order valence-corrected chi connectivity index (χ1v) is 13.3. The van der Waals surface area contributed by atoms with E-state index in [0.29, 0.717) is 5.56 Å². The normalized spacial score (nSPS) is 16.2. The van der Waals surface area contributed by atoms with Crippen molar-refractivity contribution in [3.05, 3.63) is 121 Å². The Kier molecular flexibility index (Phi) is 4.18. The Balaban J connectivity index is 1.65. The lowest BCUT2D eigenvalue weighted by Crippen LogP contribution is -2.20. The molecule has 1 aromatic heterocycles. The molecule has 0 bridgehead atoms. The first-order chi connectivity index (χ1) is 17.2. The molecule has 0 spiro atoms. The van der Waals surface area contributed by atoms with Gasteiger partial charge in [-0.05, 0) is 41.5 Å². The summed E-state index contributed by atoms with van der Waals surface area (Å²) in [5.41, 5.74) is 5.51. The fraction of sp³-hybridized carbons (Fsp3) is 0. The van der Waals surface area contributed by atoms with E-state index in [1.807, 2.05) is 84.9 Å². The molecule has 2 heterocycles. The van der Waals surface area contributed by atoms with Gasteiger partial charge in [0.15, 0.2) is 7.14 Å². The number of aromatic nitrogens is 1. The summed E-state index contributed by atoms with van der Waals surface area (Å²) in [5.74, 6) is 0. The molecule has 0 saturated heterocycles. The quantitative estimate of drug-likeness (QED) is 0.282. The van der Waals surface area contributed by atoms with Crippen molar-refractivity contribution < 1.29 is 4.57 Å². The third-order valence-corrected chi connectivity index (χ3v) is 10.2. The summed E-state index contributed by atoms with van der Waals surface area (Å²) in [5, 5.41) is 14.6. The van der Waals surface area contributed by atoms with Crippen LogP contribution in [0.25, 0.3) is 38.6 Å². The smallest absolute Gasteiger partial charge is 0.172 e. The van der Waals surface area contributed by atoms with Gasteiger partial charge in [-0.15, -0.1) is 0 Å². The molecule has 164 valence electrons. The molecule has 7 rings (SSSR count). The van der Waals surface area contributed by atoms with Gasteiger partial charge in [0, 0.05) is 26.7 Å². The van der Waals surface area contributed by atoms with Crippen LogP contribution in [-0.2, 0) is 4.57 Å². The molecule has 0 fully saturated rings.